The Bertz CT molecular complexity index is 294. The van der Waals surface area contributed by atoms with Crippen molar-refractivity contribution in [3.63, 3.8) is 0 Å². The largest absolute Gasteiger partial charge is 0.331 e. The Balaban J connectivity index is 2.47. The molecule has 3 heteroatoms. The predicted octanol–water partition coefficient (Wildman–Crippen LogP) is 2.60. The highest BCUT2D eigenvalue weighted by Gasteiger charge is 2.10. The van der Waals surface area contributed by atoms with E-state index in [0.29, 0.717) is 11.5 Å². The van der Waals surface area contributed by atoms with E-state index in [9.17, 15) is 0 Å². The summed E-state index contributed by atoms with van der Waals surface area (Å²) in [6, 6.07) is 0.485. The summed E-state index contributed by atoms with van der Waals surface area (Å²) in [6.45, 7) is 13.0. The second-order valence-electron chi connectivity index (χ2n) is 5.55. The summed E-state index contributed by atoms with van der Waals surface area (Å²) in [5.74, 6) is 0. The van der Waals surface area contributed by atoms with Gasteiger partial charge in [0.25, 0.3) is 0 Å². The molecule has 0 aliphatic heterocycles. The van der Waals surface area contributed by atoms with Crippen LogP contribution in [0.3, 0.4) is 0 Å². The van der Waals surface area contributed by atoms with Crippen LogP contribution in [0.15, 0.2) is 12.5 Å². The zero-order valence-electron chi connectivity index (χ0n) is 10.5. The number of imidazole rings is 1. The standard InChI is InChI=1S/C12H23N3/c1-10(2)15-9-14-7-11(15)6-13-8-12(3,4)5/h7,9-10,13H,6,8H2,1-5H3. The van der Waals surface area contributed by atoms with Crippen LogP contribution in [-0.4, -0.2) is 16.1 Å². The Morgan fingerprint density at radius 2 is 2.07 bits per heavy atom. The summed E-state index contributed by atoms with van der Waals surface area (Å²) in [5, 5.41) is 3.46. The molecule has 1 aromatic heterocycles. The highest BCUT2D eigenvalue weighted by Crippen LogP contribution is 2.12. The predicted molar refractivity (Wildman–Crippen MR) is 63.8 cm³/mol. The minimum absolute atomic E-state index is 0.336. The van der Waals surface area contributed by atoms with Crippen LogP contribution in [0.5, 0.6) is 0 Å². The lowest BCUT2D eigenvalue weighted by molar-refractivity contribution is 0.375. The molecule has 0 unspecified atom stereocenters. The Kier molecular flexibility index (Phi) is 3.91. The van der Waals surface area contributed by atoms with Gasteiger partial charge in [-0.15, -0.1) is 0 Å². The number of aromatic nitrogens is 2. The van der Waals surface area contributed by atoms with Crippen molar-refractivity contribution in [2.24, 2.45) is 5.41 Å². The molecule has 1 N–H and O–H groups in total. The van der Waals surface area contributed by atoms with Gasteiger partial charge in [0.1, 0.15) is 0 Å². The molecule has 0 aliphatic rings. The zero-order chi connectivity index (χ0) is 11.5. The average molecular weight is 209 g/mol. The molecule has 0 saturated carbocycles. The molecule has 3 nitrogen and oxygen atoms in total. The molecule has 0 radical (unpaired) electrons. The van der Waals surface area contributed by atoms with E-state index >= 15 is 0 Å². The van der Waals surface area contributed by atoms with Gasteiger partial charge in [-0.1, -0.05) is 20.8 Å². The fourth-order valence-electron chi connectivity index (χ4n) is 1.50. The Hall–Kier alpha value is -0.830. The van der Waals surface area contributed by atoms with Crippen molar-refractivity contribution in [1.82, 2.24) is 14.9 Å². The van der Waals surface area contributed by atoms with Crippen LogP contribution in [0.2, 0.25) is 0 Å². The molecule has 0 aromatic carbocycles. The topological polar surface area (TPSA) is 29.9 Å². The van der Waals surface area contributed by atoms with Gasteiger partial charge in [0, 0.05) is 25.3 Å². The first-order chi connectivity index (χ1) is 6.90. The third kappa shape index (κ3) is 4.04. The van der Waals surface area contributed by atoms with E-state index in [-0.39, 0.29) is 0 Å². The Morgan fingerprint density at radius 3 is 2.60 bits per heavy atom. The minimum Gasteiger partial charge on any atom is -0.331 e. The third-order valence-electron chi connectivity index (χ3n) is 2.26. The zero-order valence-corrected chi connectivity index (χ0v) is 10.5. The Morgan fingerprint density at radius 1 is 1.40 bits per heavy atom. The molecule has 0 aliphatic carbocycles. The summed E-state index contributed by atoms with van der Waals surface area (Å²) >= 11 is 0. The Labute approximate surface area is 92.9 Å². The van der Waals surface area contributed by atoms with Crippen LogP contribution in [-0.2, 0) is 6.54 Å². The van der Waals surface area contributed by atoms with Gasteiger partial charge < -0.3 is 9.88 Å². The van der Waals surface area contributed by atoms with Crippen molar-refractivity contribution in [1.29, 1.82) is 0 Å². The average Bonchev–Trinajstić information content (AvgIpc) is 2.49. The highest BCUT2D eigenvalue weighted by molar-refractivity contribution is 4.99. The minimum atomic E-state index is 0.336. The van der Waals surface area contributed by atoms with E-state index in [1.807, 2.05) is 12.5 Å². The molecule has 0 saturated heterocycles. The fraction of sp³-hybridized carbons (Fsp3) is 0.750. The van der Waals surface area contributed by atoms with Crippen molar-refractivity contribution >= 4 is 0 Å². The molecule has 86 valence electrons. The first-order valence-corrected chi connectivity index (χ1v) is 5.61. The molecule has 1 heterocycles. The van der Waals surface area contributed by atoms with Gasteiger partial charge in [0.15, 0.2) is 0 Å². The molecule has 1 aromatic rings. The lowest BCUT2D eigenvalue weighted by atomic mass is 9.97. The van der Waals surface area contributed by atoms with E-state index in [1.165, 1.54) is 5.69 Å². The quantitative estimate of drug-likeness (QED) is 0.826. The van der Waals surface area contributed by atoms with Crippen molar-refractivity contribution < 1.29 is 0 Å². The second kappa shape index (κ2) is 4.79. The number of nitrogens with one attached hydrogen (secondary N) is 1. The number of rotatable bonds is 4. The number of hydrogen-bond donors (Lipinski definition) is 1. The van der Waals surface area contributed by atoms with Crippen LogP contribution >= 0.6 is 0 Å². The molecular formula is C12H23N3. The first kappa shape index (κ1) is 12.2. The van der Waals surface area contributed by atoms with Gasteiger partial charge in [0.2, 0.25) is 0 Å². The molecular weight excluding hydrogens is 186 g/mol. The molecule has 1 rings (SSSR count). The van der Waals surface area contributed by atoms with Gasteiger partial charge in [-0.3, -0.25) is 0 Å². The number of hydrogen-bond acceptors (Lipinski definition) is 2. The lowest BCUT2D eigenvalue weighted by Gasteiger charge is -2.19. The molecule has 0 fully saturated rings. The van der Waals surface area contributed by atoms with E-state index < -0.39 is 0 Å². The van der Waals surface area contributed by atoms with Gasteiger partial charge in [-0.2, -0.15) is 0 Å². The summed E-state index contributed by atoms with van der Waals surface area (Å²) in [6.07, 6.45) is 3.84. The molecule has 0 spiro atoms. The smallest absolute Gasteiger partial charge is 0.0951 e. The van der Waals surface area contributed by atoms with Crippen molar-refractivity contribution in [2.75, 3.05) is 6.54 Å². The van der Waals surface area contributed by atoms with Crippen LogP contribution in [0.4, 0.5) is 0 Å². The summed E-state index contributed by atoms with van der Waals surface area (Å²) in [5.41, 5.74) is 1.59. The van der Waals surface area contributed by atoms with Gasteiger partial charge in [0.05, 0.1) is 12.0 Å². The normalized spacial score (nSPS) is 12.4. The summed E-state index contributed by atoms with van der Waals surface area (Å²) in [7, 11) is 0. The van der Waals surface area contributed by atoms with Crippen LogP contribution < -0.4 is 5.32 Å². The van der Waals surface area contributed by atoms with Crippen LogP contribution in [0.25, 0.3) is 0 Å². The van der Waals surface area contributed by atoms with Crippen molar-refractivity contribution in [3.8, 4) is 0 Å². The summed E-state index contributed by atoms with van der Waals surface area (Å²) in [4.78, 5) is 4.18. The second-order valence-corrected chi connectivity index (χ2v) is 5.55. The van der Waals surface area contributed by atoms with Crippen molar-refractivity contribution in [2.45, 2.75) is 47.2 Å². The van der Waals surface area contributed by atoms with E-state index in [1.54, 1.807) is 0 Å². The third-order valence-corrected chi connectivity index (χ3v) is 2.26. The fourth-order valence-corrected chi connectivity index (χ4v) is 1.50. The number of nitrogens with zero attached hydrogens (tertiary/aromatic N) is 2. The molecule has 0 atom stereocenters. The highest BCUT2D eigenvalue weighted by atomic mass is 15.1. The first-order valence-electron chi connectivity index (χ1n) is 5.61. The molecule has 0 amide bonds. The van der Waals surface area contributed by atoms with Crippen molar-refractivity contribution in [3.05, 3.63) is 18.2 Å². The molecule has 0 bridgehead atoms. The van der Waals surface area contributed by atoms with E-state index in [0.717, 1.165) is 13.1 Å². The maximum Gasteiger partial charge on any atom is 0.0951 e. The van der Waals surface area contributed by atoms with Gasteiger partial charge >= 0.3 is 0 Å². The molecule has 15 heavy (non-hydrogen) atoms. The summed E-state index contributed by atoms with van der Waals surface area (Å²) < 4.78 is 2.20. The maximum absolute atomic E-state index is 4.18. The van der Waals surface area contributed by atoms with Crippen LogP contribution in [0, 0.1) is 5.41 Å². The SMILES string of the molecule is CC(C)n1cncc1CNCC(C)(C)C. The van der Waals surface area contributed by atoms with Crippen LogP contribution in [0.1, 0.15) is 46.4 Å². The lowest BCUT2D eigenvalue weighted by Crippen LogP contribution is -2.27. The maximum atomic E-state index is 4.18. The van der Waals surface area contributed by atoms with Gasteiger partial charge in [-0.05, 0) is 19.3 Å². The van der Waals surface area contributed by atoms with Gasteiger partial charge in [-0.25, -0.2) is 4.98 Å². The van der Waals surface area contributed by atoms with E-state index in [4.69, 9.17) is 0 Å². The van der Waals surface area contributed by atoms with E-state index in [2.05, 4.69) is 49.5 Å². The monoisotopic (exact) mass is 209 g/mol.